The van der Waals surface area contributed by atoms with Gasteiger partial charge in [-0.2, -0.15) is 0 Å². The molecule has 4 rings (SSSR count). The van der Waals surface area contributed by atoms with Crippen molar-refractivity contribution in [2.75, 3.05) is 25.6 Å². The molecule has 2 aliphatic heterocycles. The third-order valence-corrected chi connectivity index (χ3v) is 5.61. The van der Waals surface area contributed by atoms with Crippen LogP contribution in [0.2, 0.25) is 0 Å². The monoisotopic (exact) mass is 339 g/mol. The van der Waals surface area contributed by atoms with Crippen LogP contribution in [0.25, 0.3) is 0 Å². The zero-order valence-corrected chi connectivity index (χ0v) is 15.3. The minimum absolute atomic E-state index is 0.0447. The maximum absolute atomic E-state index is 6.11. The van der Waals surface area contributed by atoms with E-state index in [0.717, 1.165) is 28.5 Å². The van der Waals surface area contributed by atoms with Gasteiger partial charge in [0, 0.05) is 17.0 Å². The van der Waals surface area contributed by atoms with Crippen molar-refractivity contribution in [3.8, 4) is 17.2 Å². The lowest BCUT2D eigenvalue weighted by Gasteiger charge is -2.48. The van der Waals surface area contributed by atoms with E-state index in [-0.39, 0.29) is 11.5 Å². The molecule has 132 valence electrons. The number of rotatable bonds is 3. The SMILES string of the molecule is CCOc1ccc2c(c1)C(C)(C)[C@H]1COc3cccc(OC)c3[C@H]1N2. The zero-order chi connectivity index (χ0) is 17.6. The van der Waals surface area contributed by atoms with Crippen molar-refractivity contribution in [1.82, 2.24) is 0 Å². The first-order chi connectivity index (χ1) is 12.1. The highest BCUT2D eigenvalue weighted by Crippen LogP contribution is 2.54. The third kappa shape index (κ3) is 2.43. The Kier molecular flexibility index (Phi) is 3.78. The van der Waals surface area contributed by atoms with Crippen molar-refractivity contribution in [3.05, 3.63) is 47.5 Å². The van der Waals surface area contributed by atoms with Crippen molar-refractivity contribution in [3.63, 3.8) is 0 Å². The highest BCUT2D eigenvalue weighted by atomic mass is 16.5. The number of hydrogen-bond acceptors (Lipinski definition) is 4. The van der Waals surface area contributed by atoms with Crippen LogP contribution < -0.4 is 19.5 Å². The molecule has 0 amide bonds. The van der Waals surface area contributed by atoms with Crippen LogP contribution in [-0.4, -0.2) is 20.3 Å². The molecule has 1 N–H and O–H groups in total. The number of anilines is 1. The minimum Gasteiger partial charge on any atom is -0.496 e. The van der Waals surface area contributed by atoms with Crippen LogP contribution in [0.4, 0.5) is 5.69 Å². The Morgan fingerprint density at radius 1 is 1.24 bits per heavy atom. The zero-order valence-electron chi connectivity index (χ0n) is 15.3. The molecule has 25 heavy (non-hydrogen) atoms. The Hall–Kier alpha value is -2.36. The van der Waals surface area contributed by atoms with E-state index >= 15 is 0 Å². The highest BCUT2D eigenvalue weighted by Gasteiger charge is 2.47. The van der Waals surface area contributed by atoms with Gasteiger partial charge >= 0.3 is 0 Å². The Morgan fingerprint density at radius 3 is 2.84 bits per heavy atom. The molecule has 0 fully saturated rings. The van der Waals surface area contributed by atoms with Gasteiger partial charge < -0.3 is 19.5 Å². The lowest BCUT2D eigenvalue weighted by Crippen LogP contribution is -2.46. The van der Waals surface area contributed by atoms with Gasteiger partial charge in [-0.1, -0.05) is 19.9 Å². The molecule has 2 aromatic rings. The third-order valence-electron chi connectivity index (χ3n) is 5.61. The average molecular weight is 339 g/mol. The fraction of sp³-hybridized carbons (Fsp3) is 0.429. The summed E-state index contributed by atoms with van der Waals surface area (Å²) >= 11 is 0. The van der Waals surface area contributed by atoms with Gasteiger partial charge in [-0.05, 0) is 42.8 Å². The summed E-state index contributed by atoms with van der Waals surface area (Å²) in [5.74, 6) is 3.02. The Bertz CT molecular complexity index is 785. The van der Waals surface area contributed by atoms with E-state index in [4.69, 9.17) is 14.2 Å². The van der Waals surface area contributed by atoms with E-state index in [9.17, 15) is 0 Å². The Balaban J connectivity index is 1.83. The summed E-state index contributed by atoms with van der Waals surface area (Å²) in [6, 6.07) is 12.5. The highest BCUT2D eigenvalue weighted by molar-refractivity contribution is 5.64. The van der Waals surface area contributed by atoms with Gasteiger partial charge in [-0.3, -0.25) is 0 Å². The average Bonchev–Trinajstić information content (AvgIpc) is 2.62. The maximum atomic E-state index is 6.11. The second kappa shape index (κ2) is 5.87. The minimum atomic E-state index is -0.0447. The Morgan fingerprint density at radius 2 is 2.08 bits per heavy atom. The molecule has 0 spiro atoms. The van der Waals surface area contributed by atoms with Gasteiger partial charge in [0.05, 0.1) is 31.9 Å². The van der Waals surface area contributed by atoms with Crippen molar-refractivity contribution in [2.24, 2.45) is 5.92 Å². The van der Waals surface area contributed by atoms with Crippen LogP contribution in [-0.2, 0) is 5.41 Å². The summed E-state index contributed by atoms with van der Waals surface area (Å²) in [4.78, 5) is 0. The molecule has 0 radical (unpaired) electrons. The van der Waals surface area contributed by atoms with Gasteiger partial charge in [-0.25, -0.2) is 0 Å². The molecule has 0 saturated heterocycles. The first kappa shape index (κ1) is 16.1. The summed E-state index contributed by atoms with van der Waals surface area (Å²) < 4.78 is 17.5. The maximum Gasteiger partial charge on any atom is 0.128 e. The lowest BCUT2D eigenvalue weighted by atomic mass is 9.65. The standard InChI is InChI=1S/C21H25NO3/c1-5-24-13-9-10-16-14(11-13)21(2,3)15-12-25-18-8-6-7-17(23-4)19(18)20(15)22-16/h6-11,15,20,22H,5,12H2,1-4H3/t15-,20-/m0/s1. The van der Waals surface area contributed by atoms with Gasteiger partial charge in [0.2, 0.25) is 0 Å². The van der Waals surface area contributed by atoms with Crippen LogP contribution in [0, 0.1) is 5.92 Å². The van der Waals surface area contributed by atoms with Gasteiger partial charge in [0.25, 0.3) is 0 Å². The van der Waals surface area contributed by atoms with Crippen LogP contribution in [0.1, 0.15) is 37.9 Å². The number of fused-ring (bicyclic) bond motifs is 4. The summed E-state index contributed by atoms with van der Waals surface area (Å²) in [5.41, 5.74) is 3.51. The molecule has 2 atom stereocenters. The first-order valence-corrected chi connectivity index (χ1v) is 8.89. The van der Waals surface area contributed by atoms with E-state index < -0.39 is 0 Å². The van der Waals surface area contributed by atoms with Gasteiger partial charge in [-0.15, -0.1) is 0 Å². The second-order valence-corrected chi connectivity index (χ2v) is 7.27. The van der Waals surface area contributed by atoms with Crippen LogP contribution >= 0.6 is 0 Å². The largest absolute Gasteiger partial charge is 0.496 e. The molecular formula is C21H25NO3. The smallest absolute Gasteiger partial charge is 0.128 e. The summed E-state index contributed by atoms with van der Waals surface area (Å²) in [6.45, 7) is 7.96. The second-order valence-electron chi connectivity index (χ2n) is 7.27. The molecule has 2 heterocycles. The van der Waals surface area contributed by atoms with Crippen molar-refractivity contribution in [2.45, 2.75) is 32.2 Å². The molecule has 0 bridgehead atoms. The van der Waals surface area contributed by atoms with Crippen LogP contribution in [0.3, 0.4) is 0 Å². The predicted octanol–water partition coefficient (Wildman–Crippen LogP) is 4.55. The fourth-order valence-corrected chi connectivity index (χ4v) is 4.22. The van der Waals surface area contributed by atoms with E-state index in [2.05, 4.69) is 31.3 Å². The van der Waals surface area contributed by atoms with Gasteiger partial charge in [0.15, 0.2) is 0 Å². The first-order valence-electron chi connectivity index (χ1n) is 8.89. The fourth-order valence-electron chi connectivity index (χ4n) is 4.22. The molecule has 0 aromatic heterocycles. The number of hydrogen-bond donors (Lipinski definition) is 1. The van der Waals surface area contributed by atoms with Crippen LogP contribution in [0.5, 0.6) is 17.2 Å². The van der Waals surface area contributed by atoms with Crippen molar-refractivity contribution >= 4 is 5.69 Å². The number of nitrogens with one attached hydrogen (secondary N) is 1. The molecular weight excluding hydrogens is 314 g/mol. The molecule has 2 aromatic carbocycles. The molecule has 0 aliphatic carbocycles. The summed E-state index contributed by atoms with van der Waals surface area (Å²) in [5, 5.41) is 3.74. The quantitative estimate of drug-likeness (QED) is 0.891. The van der Waals surface area contributed by atoms with E-state index in [1.807, 2.05) is 31.2 Å². The summed E-state index contributed by atoms with van der Waals surface area (Å²) in [6.07, 6.45) is 0. The van der Waals surface area contributed by atoms with Crippen molar-refractivity contribution < 1.29 is 14.2 Å². The number of methoxy groups -OCH3 is 1. The van der Waals surface area contributed by atoms with Crippen LogP contribution in [0.15, 0.2) is 36.4 Å². The summed E-state index contributed by atoms with van der Waals surface area (Å²) in [7, 11) is 1.72. The normalized spacial score (nSPS) is 22.6. The topological polar surface area (TPSA) is 39.7 Å². The predicted molar refractivity (Wildman–Crippen MR) is 99.0 cm³/mol. The van der Waals surface area contributed by atoms with Crippen molar-refractivity contribution in [1.29, 1.82) is 0 Å². The van der Waals surface area contributed by atoms with E-state index in [0.29, 0.717) is 19.1 Å². The van der Waals surface area contributed by atoms with Gasteiger partial charge in [0.1, 0.15) is 17.2 Å². The van der Waals surface area contributed by atoms with E-state index in [1.165, 1.54) is 5.56 Å². The van der Waals surface area contributed by atoms with E-state index in [1.54, 1.807) is 7.11 Å². The molecule has 2 aliphatic rings. The molecule has 0 unspecified atom stereocenters. The molecule has 4 heteroatoms. The Labute approximate surface area is 149 Å². The molecule has 0 saturated carbocycles. The lowest BCUT2D eigenvalue weighted by molar-refractivity contribution is 0.133. The number of benzene rings is 2. The molecule has 4 nitrogen and oxygen atoms in total. The number of ether oxygens (including phenoxy) is 3.